The van der Waals surface area contributed by atoms with E-state index in [2.05, 4.69) is 4.99 Å². The summed E-state index contributed by atoms with van der Waals surface area (Å²) in [6.45, 7) is 0. The fraction of sp³-hybridized carbons (Fsp3) is 0.0588. The number of carbonyl (C=O) groups is 1. The van der Waals surface area contributed by atoms with E-state index in [0.717, 1.165) is 11.3 Å². The topological polar surface area (TPSA) is 32.7 Å². The SMILES string of the molecule is CN1C(=O)/C(=C/c2ccccc2)SC1=Nc1ccccc1. The number of benzene rings is 2. The minimum absolute atomic E-state index is 0.0152. The Labute approximate surface area is 128 Å². The molecule has 0 radical (unpaired) electrons. The van der Waals surface area contributed by atoms with Crippen LogP contribution in [-0.2, 0) is 4.79 Å². The zero-order valence-corrected chi connectivity index (χ0v) is 12.4. The normalized spacial score (nSPS) is 18.7. The zero-order valence-electron chi connectivity index (χ0n) is 11.6. The van der Waals surface area contributed by atoms with Gasteiger partial charge in [0.2, 0.25) is 0 Å². The number of thioether (sulfide) groups is 1. The molecule has 1 amide bonds. The molecule has 1 aliphatic rings. The summed E-state index contributed by atoms with van der Waals surface area (Å²) in [5.41, 5.74) is 1.86. The molecular formula is C17H14N2OS. The van der Waals surface area contributed by atoms with E-state index in [9.17, 15) is 4.79 Å². The van der Waals surface area contributed by atoms with Crippen LogP contribution in [0.25, 0.3) is 6.08 Å². The van der Waals surface area contributed by atoms with Crippen LogP contribution in [0, 0.1) is 0 Å². The molecular weight excluding hydrogens is 280 g/mol. The monoisotopic (exact) mass is 294 g/mol. The third-order valence-corrected chi connectivity index (χ3v) is 4.14. The Kier molecular flexibility index (Phi) is 3.88. The summed E-state index contributed by atoms with van der Waals surface area (Å²) in [7, 11) is 1.75. The van der Waals surface area contributed by atoms with Crippen LogP contribution in [0.5, 0.6) is 0 Å². The van der Waals surface area contributed by atoms with Crippen molar-refractivity contribution in [3.8, 4) is 0 Å². The van der Waals surface area contributed by atoms with Gasteiger partial charge in [-0.05, 0) is 35.5 Å². The maximum Gasteiger partial charge on any atom is 0.266 e. The maximum absolute atomic E-state index is 12.3. The molecule has 104 valence electrons. The number of amidine groups is 1. The Hall–Kier alpha value is -2.33. The fourth-order valence-electron chi connectivity index (χ4n) is 1.97. The second kappa shape index (κ2) is 5.97. The van der Waals surface area contributed by atoms with Crippen LogP contribution < -0.4 is 0 Å². The summed E-state index contributed by atoms with van der Waals surface area (Å²) < 4.78 is 0. The number of aliphatic imine (C=N–C) groups is 1. The molecule has 0 aromatic heterocycles. The van der Waals surface area contributed by atoms with Gasteiger partial charge in [0.05, 0.1) is 10.6 Å². The smallest absolute Gasteiger partial charge is 0.266 e. The molecule has 0 saturated carbocycles. The Balaban J connectivity index is 1.89. The van der Waals surface area contributed by atoms with E-state index < -0.39 is 0 Å². The van der Waals surface area contributed by atoms with Gasteiger partial charge in [-0.25, -0.2) is 4.99 Å². The van der Waals surface area contributed by atoms with E-state index in [0.29, 0.717) is 10.1 Å². The fourth-order valence-corrected chi connectivity index (χ4v) is 2.95. The Morgan fingerprint density at radius 3 is 2.29 bits per heavy atom. The average molecular weight is 294 g/mol. The van der Waals surface area contributed by atoms with E-state index in [-0.39, 0.29) is 5.91 Å². The molecule has 0 bridgehead atoms. The second-order valence-electron chi connectivity index (χ2n) is 4.62. The Morgan fingerprint density at radius 1 is 1.00 bits per heavy atom. The van der Waals surface area contributed by atoms with Gasteiger partial charge in [0, 0.05) is 7.05 Å². The van der Waals surface area contributed by atoms with Crippen molar-refractivity contribution < 1.29 is 4.79 Å². The number of amides is 1. The molecule has 1 fully saturated rings. The molecule has 0 N–H and O–H groups in total. The summed E-state index contributed by atoms with van der Waals surface area (Å²) in [4.78, 5) is 19.1. The lowest BCUT2D eigenvalue weighted by Crippen LogP contribution is -2.23. The molecule has 0 spiro atoms. The molecule has 3 rings (SSSR count). The Bertz CT molecular complexity index is 708. The lowest BCUT2D eigenvalue weighted by Gasteiger charge is -2.06. The summed E-state index contributed by atoms with van der Waals surface area (Å²) in [6.07, 6.45) is 1.90. The number of carbonyl (C=O) groups excluding carboxylic acids is 1. The van der Waals surface area contributed by atoms with Gasteiger partial charge < -0.3 is 0 Å². The van der Waals surface area contributed by atoms with Crippen molar-refractivity contribution in [2.24, 2.45) is 4.99 Å². The standard InChI is InChI=1S/C17H14N2OS/c1-19-16(20)15(12-13-8-4-2-5-9-13)21-17(19)18-14-10-6-3-7-11-14/h2-12H,1H3/b15-12-,18-17?. The van der Waals surface area contributed by atoms with Gasteiger partial charge in [0.15, 0.2) is 5.17 Å². The summed E-state index contributed by atoms with van der Waals surface area (Å²) in [6, 6.07) is 19.5. The molecule has 0 unspecified atom stereocenters. The van der Waals surface area contributed by atoms with Gasteiger partial charge in [0.1, 0.15) is 0 Å². The molecule has 1 saturated heterocycles. The number of hydrogen-bond acceptors (Lipinski definition) is 3. The van der Waals surface area contributed by atoms with Crippen molar-refractivity contribution in [3.05, 3.63) is 71.1 Å². The van der Waals surface area contributed by atoms with Gasteiger partial charge in [-0.1, -0.05) is 48.5 Å². The first-order valence-corrected chi connectivity index (χ1v) is 7.42. The summed E-state index contributed by atoms with van der Waals surface area (Å²) >= 11 is 1.40. The molecule has 4 heteroatoms. The third kappa shape index (κ3) is 3.06. The van der Waals surface area contributed by atoms with Crippen molar-refractivity contribution >= 4 is 34.6 Å². The number of para-hydroxylation sites is 1. The minimum atomic E-state index is -0.0152. The van der Waals surface area contributed by atoms with Gasteiger partial charge >= 0.3 is 0 Å². The van der Waals surface area contributed by atoms with E-state index >= 15 is 0 Å². The molecule has 21 heavy (non-hydrogen) atoms. The highest BCUT2D eigenvalue weighted by atomic mass is 32.2. The van der Waals surface area contributed by atoms with Crippen LogP contribution in [0.4, 0.5) is 5.69 Å². The van der Waals surface area contributed by atoms with Gasteiger partial charge in [-0.3, -0.25) is 9.69 Å². The first-order valence-electron chi connectivity index (χ1n) is 6.60. The average Bonchev–Trinajstić information content (AvgIpc) is 2.78. The minimum Gasteiger partial charge on any atom is -0.290 e. The van der Waals surface area contributed by atoms with Crippen molar-refractivity contribution in [3.63, 3.8) is 0 Å². The predicted molar refractivity (Wildman–Crippen MR) is 88.3 cm³/mol. The van der Waals surface area contributed by atoms with Gasteiger partial charge in [-0.2, -0.15) is 0 Å². The largest absolute Gasteiger partial charge is 0.290 e. The molecule has 2 aromatic rings. The summed E-state index contributed by atoms with van der Waals surface area (Å²) in [5.74, 6) is -0.0152. The van der Waals surface area contributed by atoms with E-state index in [1.807, 2.05) is 66.7 Å². The zero-order chi connectivity index (χ0) is 14.7. The Morgan fingerprint density at radius 2 is 1.62 bits per heavy atom. The van der Waals surface area contributed by atoms with Crippen molar-refractivity contribution in [2.75, 3.05) is 7.05 Å². The van der Waals surface area contributed by atoms with Crippen molar-refractivity contribution in [1.82, 2.24) is 4.90 Å². The number of nitrogens with zero attached hydrogens (tertiary/aromatic N) is 2. The third-order valence-electron chi connectivity index (χ3n) is 3.08. The molecule has 1 heterocycles. The van der Waals surface area contributed by atoms with Gasteiger partial charge in [-0.15, -0.1) is 0 Å². The molecule has 3 nitrogen and oxygen atoms in total. The van der Waals surface area contributed by atoms with E-state index in [4.69, 9.17) is 0 Å². The van der Waals surface area contributed by atoms with Gasteiger partial charge in [0.25, 0.3) is 5.91 Å². The highest BCUT2D eigenvalue weighted by Crippen LogP contribution is 2.32. The first-order chi connectivity index (χ1) is 10.2. The van der Waals surface area contributed by atoms with E-state index in [1.165, 1.54) is 11.8 Å². The molecule has 1 aliphatic heterocycles. The van der Waals surface area contributed by atoms with Crippen LogP contribution in [0.3, 0.4) is 0 Å². The number of likely N-dealkylation sites (N-methyl/N-ethyl adjacent to an activating group) is 1. The maximum atomic E-state index is 12.3. The number of rotatable bonds is 2. The van der Waals surface area contributed by atoms with Crippen LogP contribution >= 0.6 is 11.8 Å². The second-order valence-corrected chi connectivity index (χ2v) is 5.62. The van der Waals surface area contributed by atoms with Crippen molar-refractivity contribution in [1.29, 1.82) is 0 Å². The lowest BCUT2D eigenvalue weighted by molar-refractivity contribution is -0.121. The molecule has 0 atom stereocenters. The molecule has 2 aromatic carbocycles. The summed E-state index contributed by atoms with van der Waals surface area (Å²) in [5, 5.41) is 0.702. The van der Waals surface area contributed by atoms with E-state index in [1.54, 1.807) is 11.9 Å². The lowest BCUT2D eigenvalue weighted by atomic mass is 10.2. The highest BCUT2D eigenvalue weighted by molar-refractivity contribution is 8.18. The van der Waals surface area contributed by atoms with Crippen LogP contribution in [0.2, 0.25) is 0 Å². The van der Waals surface area contributed by atoms with Crippen LogP contribution in [-0.4, -0.2) is 23.0 Å². The van der Waals surface area contributed by atoms with Crippen LogP contribution in [0.15, 0.2) is 70.6 Å². The molecule has 0 aliphatic carbocycles. The predicted octanol–water partition coefficient (Wildman–Crippen LogP) is 3.92. The number of hydrogen-bond donors (Lipinski definition) is 0. The first kappa shape index (κ1) is 13.6. The van der Waals surface area contributed by atoms with Crippen molar-refractivity contribution in [2.45, 2.75) is 0 Å². The highest BCUT2D eigenvalue weighted by Gasteiger charge is 2.30. The quantitative estimate of drug-likeness (QED) is 0.786. The van der Waals surface area contributed by atoms with Crippen LogP contribution in [0.1, 0.15) is 5.56 Å².